The van der Waals surface area contributed by atoms with Gasteiger partial charge in [0.25, 0.3) is 5.91 Å². The smallest absolute Gasteiger partial charge is 0.351 e. The standard InChI is InChI=1S/C18H19N3O5/c1-11(22)9-14-13(23)10-16(26-14)21-8-7-15(20-18(21)25)19-17(24)12-5-3-2-4-6-12/h2-8,13-14,16,23H,9-10H2,1H3,(H,19,20,24,25)/t13?,14-,16-/m1/s1. The van der Waals surface area contributed by atoms with E-state index in [2.05, 4.69) is 10.3 Å². The summed E-state index contributed by atoms with van der Waals surface area (Å²) in [5.41, 5.74) is -0.163. The van der Waals surface area contributed by atoms with Crippen LogP contribution in [0.3, 0.4) is 0 Å². The molecule has 2 N–H and O–H groups in total. The summed E-state index contributed by atoms with van der Waals surface area (Å²) < 4.78 is 6.84. The summed E-state index contributed by atoms with van der Waals surface area (Å²) in [6, 6.07) is 10.1. The van der Waals surface area contributed by atoms with Gasteiger partial charge < -0.3 is 15.2 Å². The number of carbonyl (C=O) groups excluding carboxylic acids is 2. The summed E-state index contributed by atoms with van der Waals surface area (Å²) in [5, 5.41) is 12.6. The van der Waals surface area contributed by atoms with E-state index in [-0.39, 0.29) is 30.3 Å². The predicted molar refractivity (Wildman–Crippen MR) is 92.7 cm³/mol. The van der Waals surface area contributed by atoms with Crippen molar-refractivity contribution in [2.24, 2.45) is 0 Å². The summed E-state index contributed by atoms with van der Waals surface area (Å²) in [6.45, 7) is 1.42. The summed E-state index contributed by atoms with van der Waals surface area (Å²) in [7, 11) is 0. The van der Waals surface area contributed by atoms with E-state index in [0.29, 0.717) is 5.56 Å². The molecule has 3 atom stereocenters. The third-order valence-corrected chi connectivity index (χ3v) is 4.11. The third kappa shape index (κ3) is 4.04. The van der Waals surface area contributed by atoms with Crippen LogP contribution in [0, 0.1) is 0 Å². The summed E-state index contributed by atoms with van der Waals surface area (Å²) in [6.07, 6.45) is -0.438. The molecule has 8 heteroatoms. The Kier molecular flexibility index (Phi) is 5.24. The first-order chi connectivity index (χ1) is 12.4. The molecule has 1 aromatic carbocycles. The van der Waals surface area contributed by atoms with Crippen LogP contribution in [-0.4, -0.2) is 38.6 Å². The Balaban J connectivity index is 1.71. The largest absolute Gasteiger partial charge is 0.390 e. The van der Waals surface area contributed by atoms with Crippen molar-refractivity contribution >= 4 is 17.5 Å². The van der Waals surface area contributed by atoms with Crippen LogP contribution in [0.25, 0.3) is 0 Å². The van der Waals surface area contributed by atoms with E-state index in [1.807, 2.05) is 0 Å². The van der Waals surface area contributed by atoms with Crippen molar-refractivity contribution < 1.29 is 19.4 Å². The second-order valence-corrected chi connectivity index (χ2v) is 6.16. The highest BCUT2D eigenvalue weighted by atomic mass is 16.5. The van der Waals surface area contributed by atoms with Crippen molar-refractivity contribution in [3.8, 4) is 0 Å². The molecule has 1 aliphatic heterocycles. The number of benzene rings is 1. The molecule has 8 nitrogen and oxygen atoms in total. The first kappa shape index (κ1) is 18.0. The van der Waals surface area contributed by atoms with Gasteiger partial charge in [0.05, 0.1) is 12.2 Å². The van der Waals surface area contributed by atoms with Crippen LogP contribution in [0.15, 0.2) is 47.4 Å². The number of anilines is 1. The minimum atomic E-state index is -0.826. The first-order valence-electron chi connectivity index (χ1n) is 8.22. The van der Waals surface area contributed by atoms with E-state index in [1.165, 1.54) is 23.8 Å². The number of amides is 1. The Morgan fingerprint density at radius 2 is 2.04 bits per heavy atom. The van der Waals surface area contributed by atoms with Crippen LogP contribution in [0.4, 0.5) is 5.82 Å². The zero-order chi connectivity index (χ0) is 18.7. The SMILES string of the molecule is CC(=O)C[C@H]1O[C@@H](n2ccc(NC(=O)c3ccccc3)nc2=O)CC1O. The number of aliphatic hydroxyl groups is 1. The van der Waals surface area contributed by atoms with Gasteiger partial charge in [0.1, 0.15) is 17.8 Å². The maximum absolute atomic E-state index is 12.3. The molecular weight excluding hydrogens is 338 g/mol. The maximum atomic E-state index is 12.3. The third-order valence-electron chi connectivity index (χ3n) is 4.11. The van der Waals surface area contributed by atoms with E-state index in [1.54, 1.807) is 30.3 Å². The van der Waals surface area contributed by atoms with Crippen LogP contribution in [0.1, 0.15) is 36.4 Å². The fourth-order valence-electron chi connectivity index (χ4n) is 2.83. The number of hydrogen-bond acceptors (Lipinski definition) is 6. The number of ether oxygens (including phenoxy) is 1. The lowest BCUT2D eigenvalue weighted by molar-refractivity contribution is -0.121. The number of rotatable bonds is 5. The summed E-state index contributed by atoms with van der Waals surface area (Å²) in [5.74, 6) is -0.345. The van der Waals surface area contributed by atoms with Crippen LogP contribution < -0.4 is 11.0 Å². The molecule has 1 saturated heterocycles. The fraction of sp³-hybridized carbons (Fsp3) is 0.333. The van der Waals surface area contributed by atoms with E-state index in [9.17, 15) is 19.5 Å². The zero-order valence-corrected chi connectivity index (χ0v) is 14.2. The monoisotopic (exact) mass is 357 g/mol. The van der Waals surface area contributed by atoms with Gasteiger partial charge in [-0.1, -0.05) is 18.2 Å². The Labute approximate surface area is 149 Å². The van der Waals surface area contributed by atoms with Gasteiger partial charge in [0.2, 0.25) is 0 Å². The number of aromatic nitrogens is 2. The molecule has 0 bridgehead atoms. The Morgan fingerprint density at radius 3 is 2.69 bits per heavy atom. The van der Waals surface area contributed by atoms with E-state index < -0.39 is 24.1 Å². The molecule has 1 aromatic heterocycles. The molecule has 0 radical (unpaired) electrons. The number of nitrogens with zero attached hydrogens (tertiary/aromatic N) is 2. The zero-order valence-electron chi connectivity index (χ0n) is 14.2. The Morgan fingerprint density at radius 1 is 1.31 bits per heavy atom. The van der Waals surface area contributed by atoms with Crippen LogP contribution >= 0.6 is 0 Å². The van der Waals surface area contributed by atoms with Crippen molar-refractivity contribution in [2.45, 2.75) is 38.2 Å². The van der Waals surface area contributed by atoms with E-state index in [0.717, 1.165) is 0 Å². The molecule has 26 heavy (non-hydrogen) atoms. The minimum absolute atomic E-state index is 0.0884. The highest BCUT2D eigenvalue weighted by Crippen LogP contribution is 2.29. The molecule has 0 saturated carbocycles. The van der Waals surface area contributed by atoms with Crippen LogP contribution in [-0.2, 0) is 9.53 Å². The molecule has 1 aliphatic rings. The van der Waals surface area contributed by atoms with E-state index >= 15 is 0 Å². The number of carbonyl (C=O) groups is 2. The molecule has 136 valence electrons. The van der Waals surface area contributed by atoms with Gasteiger partial charge in [-0.05, 0) is 25.1 Å². The number of hydrogen-bond donors (Lipinski definition) is 2. The number of Topliss-reactive ketones (excluding diaryl/α,β-unsaturated/α-hetero) is 1. The molecule has 1 fully saturated rings. The molecule has 1 unspecified atom stereocenters. The van der Waals surface area contributed by atoms with Crippen molar-refractivity contribution in [1.82, 2.24) is 9.55 Å². The van der Waals surface area contributed by atoms with Crippen molar-refractivity contribution in [3.63, 3.8) is 0 Å². The average molecular weight is 357 g/mol. The lowest BCUT2D eigenvalue weighted by atomic mass is 10.1. The highest BCUT2D eigenvalue weighted by Gasteiger charge is 2.36. The van der Waals surface area contributed by atoms with Gasteiger partial charge in [0.15, 0.2) is 0 Å². The molecule has 0 aliphatic carbocycles. The second-order valence-electron chi connectivity index (χ2n) is 6.16. The Hall–Kier alpha value is -2.84. The van der Waals surface area contributed by atoms with Crippen molar-refractivity contribution in [2.75, 3.05) is 5.32 Å². The first-order valence-corrected chi connectivity index (χ1v) is 8.22. The number of nitrogens with one attached hydrogen (secondary N) is 1. The second kappa shape index (κ2) is 7.59. The highest BCUT2D eigenvalue weighted by molar-refractivity contribution is 6.03. The van der Waals surface area contributed by atoms with Gasteiger partial charge in [-0.2, -0.15) is 4.98 Å². The summed E-state index contributed by atoms with van der Waals surface area (Å²) >= 11 is 0. The van der Waals surface area contributed by atoms with Gasteiger partial charge in [-0.25, -0.2) is 4.79 Å². The van der Waals surface area contributed by atoms with Crippen molar-refractivity contribution in [1.29, 1.82) is 0 Å². The van der Waals surface area contributed by atoms with Crippen molar-refractivity contribution in [3.05, 3.63) is 58.6 Å². The molecule has 2 aromatic rings. The molecular formula is C18H19N3O5. The molecule has 2 heterocycles. The molecule has 3 rings (SSSR count). The van der Waals surface area contributed by atoms with Gasteiger partial charge in [-0.15, -0.1) is 0 Å². The van der Waals surface area contributed by atoms with Crippen LogP contribution in [0.5, 0.6) is 0 Å². The summed E-state index contributed by atoms with van der Waals surface area (Å²) in [4.78, 5) is 39.4. The fourth-order valence-corrected chi connectivity index (χ4v) is 2.83. The van der Waals surface area contributed by atoms with Crippen LogP contribution in [0.2, 0.25) is 0 Å². The van der Waals surface area contributed by atoms with Gasteiger partial charge in [0, 0.05) is 24.6 Å². The van der Waals surface area contributed by atoms with E-state index in [4.69, 9.17) is 4.74 Å². The van der Waals surface area contributed by atoms with Gasteiger partial charge in [-0.3, -0.25) is 14.2 Å². The maximum Gasteiger partial charge on any atom is 0.351 e. The number of aliphatic hydroxyl groups excluding tert-OH is 1. The lowest BCUT2D eigenvalue weighted by Crippen LogP contribution is -2.28. The predicted octanol–water partition coefficient (Wildman–Crippen LogP) is 1.12. The topological polar surface area (TPSA) is 111 Å². The molecule has 1 amide bonds. The lowest BCUT2D eigenvalue weighted by Gasteiger charge is -2.15. The normalized spacial score (nSPS) is 22.2. The molecule has 0 spiro atoms. The van der Waals surface area contributed by atoms with Gasteiger partial charge >= 0.3 is 5.69 Å². The average Bonchev–Trinajstić information content (AvgIpc) is 2.95. The number of ketones is 1. The Bertz CT molecular complexity index is 865. The quantitative estimate of drug-likeness (QED) is 0.830. The minimum Gasteiger partial charge on any atom is -0.390 e.